The van der Waals surface area contributed by atoms with Crippen molar-refractivity contribution >= 4 is 21.9 Å². The van der Waals surface area contributed by atoms with Crippen molar-refractivity contribution in [3.05, 3.63) is 88.1 Å². The third-order valence-corrected chi connectivity index (χ3v) is 7.53. The average molecular weight is 521 g/mol. The largest absolute Gasteiger partial charge is 0.454 e. The third-order valence-electron chi connectivity index (χ3n) is 7.53. The van der Waals surface area contributed by atoms with E-state index in [1.807, 2.05) is 0 Å². The number of pyridine rings is 1. The Bertz CT molecular complexity index is 1950. The number of nitrogens with zero attached hydrogens (tertiary/aromatic N) is 2. The molecule has 0 atom stereocenters. The zero-order chi connectivity index (χ0) is 33.2. The van der Waals surface area contributed by atoms with Gasteiger partial charge in [0.05, 0.1) is 11.3 Å². The predicted molar refractivity (Wildman–Crippen MR) is 163 cm³/mol. The van der Waals surface area contributed by atoms with Crippen molar-refractivity contribution in [2.75, 3.05) is 0 Å². The molecule has 5 aromatic rings. The van der Waals surface area contributed by atoms with E-state index < -0.39 is 13.7 Å². The highest BCUT2D eigenvalue weighted by Gasteiger charge is 2.24. The number of nitriles is 1. The van der Waals surface area contributed by atoms with Crippen LogP contribution >= 0.6 is 0 Å². The first-order valence-electron chi connectivity index (χ1n) is 16.4. The Hall–Kier alpha value is -3.90. The lowest BCUT2D eigenvalue weighted by Crippen LogP contribution is -2.14. The van der Waals surface area contributed by atoms with Gasteiger partial charge in [0.25, 0.3) is 0 Å². The van der Waals surface area contributed by atoms with Gasteiger partial charge < -0.3 is 4.42 Å². The summed E-state index contributed by atoms with van der Waals surface area (Å²) in [5.74, 6) is 0.205. The molecule has 0 saturated carbocycles. The van der Waals surface area contributed by atoms with Gasteiger partial charge >= 0.3 is 0 Å². The number of benzene rings is 3. The van der Waals surface area contributed by atoms with E-state index in [1.165, 1.54) is 11.8 Å². The minimum Gasteiger partial charge on any atom is -0.454 e. The van der Waals surface area contributed by atoms with Crippen molar-refractivity contribution in [3.8, 4) is 28.5 Å². The normalized spacial score (nSPS) is 15.1. The number of fused-ring (bicyclic) bond motifs is 3. The Labute approximate surface area is 240 Å². The Morgan fingerprint density at radius 2 is 1.56 bits per heavy atom. The molecule has 0 aliphatic heterocycles. The number of rotatable bonds is 4. The summed E-state index contributed by atoms with van der Waals surface area (Å²) < 4.78 is 56.4. The number of hydrogen-bond donors (Lipinski definition) is 0. The molecule has 3 heteroatoms. The number of aromatic nitrogens is 1. The summed E-state index contributed by atoms with van der Waals surface area (Å²) >= 11 is 0. The SMILES string of the molecule is [2H]C([2H])([2H])c1cnc(-c2ccc(C([2H])([2H])[2H])c3c2oc2c(C#N)cccc23)cc1-c1c(C(C)C)cc(C(C)(C)C)cc1C(C)C. The van der Waals surface area contributed by atoms with E-state index in [-0.39, 0.29) is 34.0 Å². The van der Waals surface area contributed by atoms with Crippen molar-refractivity contribution in [2.24, 2.45) is 0 Å². The smallest absolute Gasteiger partial charge is 0.153 e. The van der Waals surface area contributed by atoms with E-state index in [0.29, 0.717) is 38.7 Å². The van der Waals surface area contributed by atoms with Crippen LogP contribution in [-0.2, 0) is 5.41 Å². The minimum atomic E-state index is -2.44. The maximum Gasteiger partial charge on any atom is 0.153 e. The average Bonchev–Trinajstić information content (AvgIpc) is 3.33. The zero-order valence-corrected chi connectivity index (χ0v) is 23.7. The van der Waals surface area contributed by atoms with E-state index in [2.05, 4.69) is 71.7 Å². The molecule has 0 fully saturated rings. The fourth-order valence-electron chi connectivity index (χ4n) is 5.34. The lowest BCUT2D eigenvalue weighted by Gasteiger charge is -2.28. The molecule has 0 saturated heterocycles. The van der Waals surface area contributed by atoms with Crippen molar-refractivity contribution in [1.82, 2.24) is 4.98 Å². The standard InChI is InChI=1S/C36H38N2O/c1-20(2)28-15-25(36(7,8)9)16-29(21(3)4)33(28)30-17-31(38-19-23(30)6)26-14-13-22(5)32-27-12-10-11-24(18-37)34(27)39-35(26)32/h10-17,19-21H,1-9H3/i5D3,6D3. The van der Waals surface area contributed by atoms with Crippen LogP contribution < -0.4 is 0 Å². The van der Waals surface area contributed by atoms with Crippen LogP contribution in [0.5, 0.6) is 0 Å². The fourth-order valence-corrected chi connectivity index (χ4v) is 5.34. The molecule has 0 radical (unpaired) electrons. The molecule has 39 heavy (non-hydrogen) atoms. The van der Waals surface area contributed by atoms with Gasteiger partial charge in [0.15, 0.2) is 5.58 Å². The van der Waals surface area contributed by atoms with E-state index in [4.69, 9.17) is 12.6 Å². The van der Waals surface area contributed by atoms with Gasteiger partial charge in [-0.1, -0.05) is 78.8 Å². The number of para-hydroxylation sites is 1. The number of hydrogen-bond acceptors (Lipinski definition) is 3. The lowest BCUT2D eigenvalue weighted by molar-refractivity contribution is 0.587. The molecule has 2 aromatic heterocycles. The second kappa shape index (κ2) is 9.69. The molecular formula is C36H38N2O. The summed E-state index contributed by atoms with van der Waals surface area (Å²) in [5, 5.41) is 10.7. The van der Waals surface area contributed by atoms with Crippen molar-refractivity contribution in [2.45, 2.75) is 79.4 Å². The van der Waals surface area contributed by atoms with E-state index in [9.17, 15) is 5.26 Å². The molecule has 0 aliphatic rings. The van der Waals surface area contributed by atoms with Crippen LogP contribution in [0, 0.1) is 25.0 Å². The van der Waals surface area contributed by atoms with Crippen LogP contribution in [0.1, 0.15) is 102 Å². The topological polar surface area (TPSA) is 49.8 Å². The monoisotopic (exact) mass is 520 g/mol. The predicted octanol–water partition coefficient (Wildman–Crippen LogP) is 10.3. The highest BCUT2D eigenvalue weighted by molar-refractivity contribution is 6.12. The van der Waals surface area contributed by atoms with E-state index >= 15 is 0 Å². The fraction of sp³-hybridized carbons (Fsp3) is 0.333. The second-order valence-electron chi connectivity index (χ2n) is 12.0. The third kappa shape index (κ3) is 4.53. The first-order valence-corrected chi connectivity index (χ1v) is 13.4. The van der Waals surface area contributed by atoms with Gasteiger partial charge in [-0.25, -0.2) is 0 Å². The Morgan fingerprint density at radius 3 is 2.15 bits per heavy atom. The Kier molecular flexibility index (Phi) is 4.98. The minimum absolute atomic E-state index is 0.103. The molecule has 3 aromatic carbocycles. The Morgan fingerprint density at radius 1 is 0.872 bits per heavy atom. The van der Waals surface area contributed by atoms with Gasteiger partial charge in [-0.05, 0) is 88.1 Å². The van der Waals surface area contributed by atoms with Crippen LogP contribution in [0.15, 0.2) is 59.1 Å². The Balaban J connectivity index is 1.92. The number of aryl methyl sites for hydroxylation is 2. The molecule has 0 N–H and O–H groups in total. The van der Waals surface area contributed by atoms with Gasteiger partial charge in [0.1, 0.15) is 11.7 Å². The molecule has 0 amide bonds. The summed E-state index contributed by atoms with van der Waals surface area (Å²) in [6, 6.07) is 16.6. The van der Waals surface area contributed by atoms with Gasteiger partial charge in [0, 0.05) is 30.8 Å². The zero-order valence-electron chi connectivity index (χ0n) is 29.7. The van der Waals surface area contributed by atoms with Crippen LogP contribution in [0.4, 0.5) is 0 Å². The first kappa shape index (κ1) is 20.1. The molecule has 0 spiro atoms. The summed E-state index contributed by atoms with van der Waals surface area (Å²) in [6.45, 7) is 10.1. The summed E-state index contributed by atoms with van der Waals surface area (Å²) in [6.07, 6.45) is 1.41. The van der Waals surface area contributed by atoms with Gasteiger partial charge in [-0.3, -0.25) is 4.98 Å². The molecule has 3 nitrogen and oxygen atoms in total. The lowest BCUT2D eigenvalue weighted by atomic mass is 9.77. The van der Waals surface area contributed by atoms with Crippen LogP contribution in [-0.4, -0.2) is 4.98 Å². The molecule has 0 bridgehead atoms. The molecule has 5 rings (SSSR count). The van der Waals surface area contributed by atoms with Gasteiger partial charge in [-0.15, -0.1) is 0 Å². The molecule has 0 unspecified atom stereocenters. The van der Waals surface area contributed by atoms with Crippen molar-refractivity contribution in [3.63, 3.8) is 0 Å². The first-order chi connectivity index (χ1) is 20.8. The van der Waals surface area contributed by atoms with Crippen LogP contribution in [0.2, 0.25) is 0 Å². The second-order valence-corrected chi connectivity index (χ2v) is 12.0. The van der Waals surface area contributed by atoms with Crippen molar-refractivity contribution in [1.29, 1.82) is 5.26 Å². The van der Waals surface area contributed by atoms with Gasteiger partial charge in [-0.2, -0.15) is 5.26 Å². The quantitative estimate of drug-likeness (QED) is 0.237. The maximum atomic E-state index is 9.77. The highest BCUT2D eigenvalue weighted by atomic mass is 16.3. The summed E-state index contributed by atoms with van der Waals surface area (Å²) in [7, 11) is 0. The van der Waals surface area contributed by atoms with Crippen LogP contribution in [0.3, 0.4) is 0 Å². The number of furan rings is 1. The summed E-state index contributed by atoms with van der Waals surface area (Å²) in [5.41, 5.74) is 6.72. The van der Waals surface area contributed by atoms with Crippen LogP contribution in [0.25, 0.3) is 44.3 Å². The van der Waals surface area contributed by atoms with E-state index in [1.54, 1.807) is 36.4 Å². The summed E-state index contributed by atoms with van der Waals surface area (Å²) in [4.78, 5) is 4.64. The van der Waals surface area contributed by atoms with Crippen molar-refractivity contribution < 1.29 is 12.6 Å². The maximum absolute atomic E-state index is 9.77. The molecular weight excluding hydrogens is 476 g/mol. The highest BCUT2D eigenvalue weighted by Crippen LogP contribution is 2.43. The van der Waals surface area contributed by atoms with E-state index in [0.717, 1.165) is 16.7 Å². The molecule has 2 heterocycles. The molecule has 0 aliphatic carbocycles. The molecule has 198 valence electrons. The van der Waals surface area contributed by atoms with Gasteiger partial charge in [0.2, 0.25) is 0 Å².